The van der Waals surface area contributed by atoms with Crippen LogP contribution in [-0.4, -0.2) is 41.0 Å². The Balaban J connectivity index is 0.000000307. The first kappa shape index (κ1) is 19.4. The monoisotopic (exact) mass is 341 g/mol. The molecule has 1 fully saturated rings. The lowest BCUT2D eigenvalue weighted by Crippen LogP contribution is -2.32. The molecule has 0 radical (unpaired) electrons. The molecule has 1 aliphatic rings. The summed E-state index contributed by atoms with van der Waals surface area (Å²) < 4.78 is 26.1. The van der Waals surface area contributed by atoms with Gasteiger partial charge in [-0.05, 0) is 38.1 Å². The number of halogens is 2. The number of carboxylic acid groups (broad SMARTS) is 2. The van der Waals surface area contributed by atoms with Gasteiger partial charge in [-0.1, -0.05) is 0 Å². The van der Waals surface area contributed by atoms with Crippen molar-refractivity contribution in [3.05, 3.63) is 47.5 Å². The number of piperidine rings is 1. The molecular formula is C16H17F2NO5. The van der Waals surface area contributed by atoms with E-state index < -0.39 is 23.6 Å². The summed E-state index contributed by atoms with van der Waals surface area (Å²) in [6.07, 6.45) is 2.55. The molecule has 1 aromatic carbocycles. The molecule has 0 unspecified atom stereocenters. The van der Waals surface area contributed by atoms with Crippen molar-refractivity contribution in [2.45, 2.75) is 12.8 Å². The highest BCUT2D eigenvalue weighted by molar-refractivity contribution is 5.98. The third-order valence-corrected chi connectivity index (χ3v) is 3.28. The minimum Gasteiger partial charge on any atom is -0.478 e. The molecule has 0 atom stereocenters. The average molecular weight is 341 g/mol. The van der Waals surface area contributed by atoms with Gasteiger partial charge in [0.25, 0.3) is 0 Å². The number of benzene rings is 1. The Morgan fingerprint density at radius 2 is 1.58 bits per heavy atom. The fraction of sp³-hybridized carbons (Fsp3) is 0.312. The fourth-order valence-electron chi connectivity index (χ4n) is 2.14. The molecule has 1 aliphatic heterocycles. The normalized spacial score (nSPS) is 14.8. The van der Waals surface area contributed by atoms with Crippen LogP contribution in [0.2, 0.25) is 0 Å². The highest BCUT2D eigenvalue weighted by atomic mass is 19.1. The maximum absolute atomic E-state index is 13.4. The Hall–Kier alpha value is -2.61. The van der Waals surface area contributed by atoms with E-state index in [-0.39, 0.29) is 17.3 Å². The van der Waals surface area contributed by atoms with Crippen LogP contribution in [0.4, 0.5) is 8.78 Å². The van der Waals surface area contributed by atoms with E-state index >= 15 is 0 Å². The molecule has 3 N–H and O–H groups in total. The maximum atomic E-state index is 13.4. The first-order chi connectivity index (χ1) is 11.3. The van der Waals surface area contributed by atoms with Crippen LogP contribution in [0.15, 0.2) is 30.4 Å². The molecule has 0 bridgehead atoms. The quantitative estimate of drug-likeness (QED) is 0.570. The van der Waals surface area contributed by atoms with Gasteiger partial charge >= 0.3 is 11.9 Å². The number of Topliss-reactive ketones (excluding diaryl/α,β-unsaturated/α-hetero) is 1. The lowest BCUT2D eigenvalue weighted by atomic mass is 9.89. The zero-order valence-electron chi connectivity index (χ0n) is 12.7. The van der Waals surface area contributed by atoms with E-state index in [9.17, 15) is 23.2 Å². The molecule has 0 saturated carbocycles. The molecule has 1 saturated heterocycles. The van der Waals surface area contributed by atoms with Crippen LogP contribution in [0.25, 0.3) is 0 Å². The van der Waals surface area contributed by atoms with Gasteiger partial charge in [-0.15, -0.1) is 0 Å². The summed E-state index contributed by atoms with van der Waals surface area (Å²) >= 11 is 0. The van der Waals surface area contributed by atoms with Crippen LogP contribution < -0.4 is 5.32 Å². The molecule has 130 valence electrons. The van der Waals surface area contributed by atoms with Gasteiger partial charge in [0.15, 0.2) is 5.78 Å². The van der Waals surface area contributed by atoms with E-state index in [0.29, 0.717) is 12.2 Å². The predicted octanol–water partition coefficient (Wildman–Crippen LogP) is 1.86. The van der Waals surface area contributed by atoms with Gasteiger partial charge in [-0.25, -0.2) is 18.4 Å². The summed E-state index contributed by atoms with van der Waals surface area (Å²) in [5.41, 5.74) is 0.00769. The number of hydrogen-bond donors (Lipinski definition) is 3. The molecule has 6 nitrogen and oxygen atoms in total. The SMILES string of the molecule is O=C(O)/C=C/C(=O)O.O=C(c1ccc(F)cc1F)C1CCNCC1. The predicted molar refractivity (Wildman–Crippen MR) is 80.7 cm³/mol. The lowest BCUT2D eigenvalue weighted by molar-refractivity contribution is -0.134. The second kappa shape index (κ2) is 9.51. The van der Waals surface area contributed by atoms with Crippen molar-refractivity contribution in [2.24, 2.45) is 5.92 Å². The molecular weight excluding hydrogens is 324 g/mol. The van der Waals surface area contributed by atoms with Crippen molar-refractivity contribution in [3.8, 4) is 0 Å². The van der Waals surface area contributed by atoms with E-state index in [4.69, 9.17) is 10.2 Å². The fourth-order valence-corrected chi connectivity index (χ4v) is 2.14. The van der Waals surface area contributed by atoms with Crippen molar-refractivity contribution in [1.29, 1.82) is 0 Å². The van der Waals surface area contributed by atoms with E-state index in [1.54, 1.807) is 0 Å². The van der Waals surface area contributed by atoms with Crippen LogP contribution in [0.3, 0.4) is 0 Å². The van der Waals surface area contributed by atoms with Crippen LogP contribution >= 0.6 is 0 Å². The van der Waals surface area contributed by atoms with Gasteiger partial charge in [0.2, 0.25) is 0 Å². The van der Waals surface area contributed by atoms with Crippen molar-refractivity contribution in [3.63, 3.8) is 0 Å². The summed E-state index contributed by atoms with van der Waals surface area (Å²) in [5, 5.41) is 18.8. The van der Waals surface area contributed by atoms with Crippen LogP contribution in [0.1, 0.15) is 23.2 Å². The highest BCUT2D eigenvalue weighted by Gasteiger charge is 2.24. The number of aliphatic carboxylic acids is 2. The van der Waals surface area contributed by atoms with Crippen molar-refractivity contribution in [2.75, 3.05) is 13.1 Å². The van der Waals surface area contributed by atoms with E-state index in [2.05, 4.69) is 5.32 Å². The zero-order valence-corrected chi connectivity index (χ0v) is 12.7. The first-order valence-electron chi connectivity index (χ1n) is 7.15. The second-order valence-corrected chi connectivity index (χ2v) is 5.02. The van der Waals surface area contributed by atoms with Gasteiger partial charge < -0.3 is 15.5 Å². The third kappa shape index (κ3) is 6.66. The average Bonchev–Trinajstić information content (AvgIpc) is 2.54. The van der Waals surface area contributed by atoms with Gasteiger partial charge in [0, 0.05) is 24.1 Å². The molecule has 24 heavy (non-hydrogen) atoms. The largest absolute Gasteiger partial charge is 0.478 e. The number of carbonyl (C=O) groups is 3. The molecule has 0 spiro atoms. The third-order valence-electron chi connectivity index (χ3n) is 3.28. The topological polar surface area (TPSA) is 104 Å². The molecule has 0 aliphatic carbocycles. The molecule has 1 aromatic rings. The molecule has 0 aromatic heterocycles. The molecule has 2 rings (SSSR count). The number of rotatable bonds is 4. The lowest BCUT2D eigenvalue weighted by Gasteiger charge is -2.21. The summed E-state index contributed by atoms with van der Waals surface area (Å²) in [4.78, 5) is 31.0. The van der Waals surface area contributed by atoms with Crippen LogP contribution in [0, 0.1) is 17.6 Å². The van der Waals surface area contributed by atoms with Crippen molar-refractivity contribution >= 4 is 17.7 Å². The number of carbonyl (C=O) groups excluding carboxylic acids is 1. The van der Waals surface area contributed by atoms with Gasteiger partial charge in [0.05, 0.1) is 5.56 Å². The molecule has 1 heterocycles. The van der Waals surface area contributed by atoms with Crippen LogP contribution in [-0.2, 0) is 9.59 Å². The standard InChI is InChI=1S/C12H13F2NO.C4H4O4/c13-9-1-2-10(11(14)7-9)12(16)8-3-5-15-6-4-8;5-3(6)1-2-4(7)8/h1-2,7-8,15H,3-6H2;1-2H,(H,5,6)(H,7,8)/b;2-1+. The minimum absolute atomic E-state index is 0.00769. The maximum Gasteiger partial charge on any atom is 0.328 e. The summed E-state index contributed by atoms with van der Waals surface area (Å²) in [7, 11) is 0. The van der Waals surface area contributed by atoms with E-state index in [1.165, 1.54) is 6.07 Å². The van der Waals surface area contributed by atoms with Crippen molar-refractivity contribution in [1.82, 2.24) is 5.32 Å². The zero-order chi connectivity index (χ0) is 18.1. The number of nitrogens with one attached hydrogen (secondary N) is 1. The summed E-state index contributed by atoms with van der Waals surface area (Å²) in [6.45, 7) is 1.55. The summed E-state index contributed by atoms with van der Waals surface area (Å²) in [5.74, 6) is -4.28. The smallest absolute Gasteiger partial charge is 0.328 e. The molecule has 0 amide bonds. The van der Waals surface area contributed by atoms with Crippen LogP contribution in [0.5, 0.6) is 0 Å². The Morgan fingerprint density at radius 1 is 1.04 bits per heavy atom. The van der Waals surface area contributed by atoms with Crippen molar-refractivity contribution < 1.29 is 33.4 Å². The Kier molecular flexibility index (Phi) is 7.70. The van der Waals surface area contributed by atoms with E-state index in [1.807, 2.05) is 0 Å². The summed E-state index contributed by atoms with van der Waals surface area (Å²) in [6, 6.07) is 3.11. The Labute approximate surface area is 136 Å². The highest BCUT2D eigenvalue weighted by Crippen LogP contribution is 2.20. The Morgan fingerprint density at radius 3 is 2.04 bits per heavy atom. The number of hydrogen-bond acceptors (Lipinski definition) is 4. The minimum atomic E-state index is -1.26. The first-order valence-corrected chi connectivity index (χ1v) is 7.15. The number of carboxylic acids is 2. The van der Waals surface area contributed by atoms with E-state index in [0.717, 1.165) is 38.1 Å². The molecule has 8 heteroatoms. The van der Waals surface area contributed by atoms with Gasteiger partial charge in [-0.3, -0.25) is 4.79 Å². The van der Waals surface area contributed by atoms with Gasteiger partial charge in [0.1, 0.15) is 11.6 Å². The second-order valence-electron chi connectivity index (χ2n) is 5.02. The Bertz CT molecular complexity index is 623. The van der Waals surface area contributed by atoms with Gasteiger partial charge in [-0.2, -0.15) is 0 Å². The number of ketones is 1.